The van der Waals surface area contributed by atoms with Crippen molar-refractivity contribution in [2.24, 2.45) is 0 Å². The molecule has 21 heavy (non-hydrogen) atoms. The molecule has 0 bridgehead atoms. The molecule has 0 radical (unpaired) electrons. The van der Waals surface area contributed by atoms with E-state index in [9.17, 15) is 8.42 Å². The molecule has 0 amide bonds. The van der Waals surface area contributed by atoms with Gasteiger partial charge in [-0.3, -0.25) is 0 Å². The minimum Gasteiger partial charge on any atom is -0.313 e. The van der Waals surface area contributed by atoms with E-state index in [0.29, 0.717) is 6.42 Å². The van der Waals surface area contributed by atoms with E-state index < -0.39 is 9.84 Å². The highest BCUT2D eigenvalue weighted by molar-refractivity contribution is 7.91. The summed E-state index contributed by atoms with van der Waals surface area (Å²) in [4.78, 5) is 0. The molecule has 1 unspecified atom stereocenters. The maximum absolute atomic E-state index is 11.6. The second-order valence-electron chi connectivity index (χ2n) is 5.33. The Bertz CT molecular complexity index is 695. The quantitative estimate of drug-likeness (QED) is 0.853. The number of hydrogen-bond donors (Lipinski definition) is 1. The van der Waals surface area contributed by atoms with Gasteiger partial charge in [-0.2, -0.15) is 0 Å². The maximum Gasteiger partial charge on any atom is 0.150 e. The van der Waals surface area contributed by atoms with Crippen molar-refractivity contribution in [3.05, 3.63) is 48.0 Å². The van der Waals surface area contributed by atoms with Gasteiger partial charge in [-0.25, -0.2) is 8.42 Å². The second kappa shape index (κ2) is 7.05. The zero-order valence-corrected chi connectivity index (χ0v) is 13.5. The van der Waals surface area contributed by atoms with Crippen molar-refractivity contribution in [1.82, 2.24) is 5.32 Å². The molecule has 1 atom stereocenters. The lowest BCUT2D eigenvalue weighted by Gasteiger charge is -2.17. The minimum atomic E-state index is -2.87. The van der Waals surface area contributed by atoms with Crippen LogP contribution in [0.3, 0.4) is 0 Å². The van der Waals surface area contributed by atoms with E-state index in [1.54, 1.807) is 6.92 Å². The van der Waals surface area contributed by atoms with Crippen LogP contribution in [-0.4, -0.2) is 27.0 Å². The van der Waals surface area contributed by atoms with Crippen LogP contribution in [0.15, 0.2) is 42.5 Å². The summed E-state index contributed by atoms with van der Waals surface area (Å²) in [7, 11) is -0.943. The van der Waals surface area contributed by atoms with Gasteiger partial charge < -0.3 is 5.32 Å². The lowest BCUT2D eigenvalue weighted by atomic mass is 9.99. The predicted molar refractivity (Wildman–Crippen MR) is 89.3 cm³/mol. The van der Waals surface area contributed by atoms with E-state index in [4.69, 9.17) is 0 Å². The van der Waals surface area contributed by atoms with Gasteiger partial charge in [0.05, 0.1) is 5.75 Å². The first kappa shape index (κ1) is 16.0. The highest BCUT2D eigenvalue weighted by Crippen LogP contribution is 2.23. The number of benzene rings is 2. The van der Waals surface area contributed by atoms with E-state index in [1.807, 2.05) is 19.2 Å². The Balaban J connectivity index is 2.08. The molecule has 0 saturated carbocycles. The van der Waals surface area contributed by atoms with E-state index in [-0.39, 0.29) is 17.5 Å². The average molecular weight is 305 g/mol. The molecule has 3 nitrogen and oxygen atoms in total. The van der Waals surface area contributed by atoms with Gasteiger partial charge in [0.25, 0.3) is 0 Å². The Morgan fingerprint density at radius 1 is 1.10 bits per heavy atom. The Morgan fingerprint density at radius 2 is 1.81 bits per heavy atom. The van der Waals surface area contributed by atoms with E-state index in [1.165, 1.54) is 16.3 Å². The monoisotopic (exact) mass is 305 g/mol. The van der Waals surface area contributed by atoms with Crippen molar-refractivity contribution in [3.63, 3.8) is 0 Å². The van der Waals surface area contributed by atoms with Gasteiger partial charge in [-0.15, -0.1) is 0 Å². The van der Waals surface area contributed by atoms with Crippen LogP contribution in [0, 0.1) is 0 Å². The fraction of sp³-hybridized carbons (Fsp3) is 0.412. The first-order chi connectivity index (χ1) is 10.1. The van der Waals surface area contributed by atoms with Crippen molar-refractivity contribution in [1.29, 1.82) is 0 Å². The highest BCUT2D eigenvalue weighted by atomic mass is 32.2. The molecule has 2 aromatic rings. The Labute approximate surface area is 127 Å². The summed E-state index contributed by atoms with van der Waals surface area (Å²) in [6.07, 6.45) is 1.52. The van der Waals surface area contributed by atoms with Crippen LogP contribution in [0.4, 0.5) is 0 Å². The molecule has 0 aliphatic carbocycles. The molecule has 0 heterocycles. The SMILES string of the molecule is CCS(=O)(=O)CCCC(NC)c1ccc2ccccc2c1. The molecule has 1 N–H and O–H groups in total. The fourth-order valence-corrected chi connectivity index (χ4v) is 3.45. The zero-order valence-electron chi connectivity index (χ0n) is 12.7. The summed E-state index contributed by atoms with van der Waals surface area (Å²) in [6.45, 7) is 1.70. The topological polar surface area (TPSA) is 46.2 Å². The van der Waals surface area contributed by atoms with Gasteiger partial charge in [0, 0.05) is 11.8 Å². The maximum atomic E-state index is 11.6. The van der Waals surface area contributed by atoms with Gasteiger partial charge in [-0.1, -0.05) is 43.3 Å². The van der Waals surface area contributed by atoms with E-state index in [0.717, 1.165) is 6.42 Å². The Morgan fingerprint density at radius 3 is 2.48 bits per heavy atom. The number of rotatable bonds is 7. The lowest BCUT2D eigenvalue weighted by Crippen LogP contribution is -2.18. The highest BCUT2D eigenvalue weighted by Gasteiger charge is 2.12. The summed E-state index contributed by atoms with van der Waals surface area (Å²) < 4.78 is 23.1. The van der Waals surface area contributed by atoms with Crippen molar-refractivity contribution in [2.75, 3.05) is 18.6 Å². The summed E-state index contributed by atoms with van der Waals surface area (Å²) in [5, 5.41) is 5.74. The summed E-state index contributed by atoms with van der Waals surface area (Å²) in [5.41, 5.74) is 1.21. The molecule has 0 aromatic heterocycles. The molecule has 0 fully saturated rings. The first-order valence-electron chi connectivity index (χ1n) is 7.42. The van der Waals surface area contributed by atoms with Gasteiger partial charge in [-0.05, 0) is 42.3 Å². The molecule has 0 saturated heterocycles. The largest absolute Gasteiger partial charge is 0.313 e. The van der Waals surface area contributed by atoms with Gasteiger partial charge >= 0.3 is 0 Å². The number of sulfone groups is 1. The van der Waals surface area contributed by atoms with Crippen molar-refractivity contribution in [2.45, 2.75) is 25.8 Å². The van der Waals surface area contributed by atoms with Crippen LogP contribution >= 0.6 is 0 Å². The van der Waals surface area contributed by atoms with Gasteiger partial charge in [0.2, 0.25) is 0 Å². The van der Waals surface area contributed by atoms with Gasteiger partial charge in [0.15, 0.2) is 0 Å². The summed E-state index contributed by atoms with van der Waals surface area (Å²) in [6, 6.07) is 14.9. The van der Waals surface area contributed by atoms with Gasteiger partial charge in [0.1, 0.15) is 9.84 Å². The molecule has 2 aromatic carbocycles. The minimum absolute atomic E-state index is 0.196. The van der Waals surface area contributed by atoms with Crippen LogP contribution in [0.2, 0.25) is 0 Å². The molecular formula is C17H23NO2S. The van der Waals surface area contributed by atoms with Crippen LogP contribution < -0.4 is 5.32 Å². The van der Waals surface area contributed by atoms with Crippen molar-refractivity contribution >= 4 is 20.6 Å². The third-order valence-electron chi connectivity index (χ3n) is 3.91. The molecule has 0 aliphatic heterocycles. The summed E-state index contributed by atoms with van der Waals surface area (Å²) >= 11 is 0. The third-order valence-corrected chi connectivity index (χ3v) is 5.70. The fourth-order valence-electron chi connectivity index (χ4n) is 2.55. The predicted octanol–water partition coefficient (Wildman–Crippen LogP) is 3.32. The molecule has 0 aliphatic rings. The second-order valence-corrected chi connectivity index (χ2v) is 7.80. The number of hydrogen-bond acceptors (Lipinski definition) is 3. The number of fused-ring (bicyclic) bond motifs is 1. The normalized spacial score (nSPS) is 13.4. The third kappa shape index (κ3) is 4.29. The molecule has 2 rings (SSSR count). The molecular weight excluding hydrogens is 282 g/mol. The van der Waals surface area contributed by atoms with Crippen LogP contribution in [-0.2, 0) is 9.84 Å². The summed E-state index contributed by atoms with van der Waals surface area (Å²) in [5.74, 6) is 0.502. The zero-order chi connectivity index (χ0) is 15.3. The molecule has 0 spiro atoms. The lowest BCUT2D eigenvalue weighted by molar-refractivity contribution is 0.536. The van der Waals surface area contributed by atoms with Crippen molar-refractivity contribution in [3.8, 4) is 0 Å². The Kier molecular flexibility index (Phi) is 5.37. The molecule has 114 valence electrons. The van der Waals surface area contributed by atoms with E-state index in [2.05, 4.69) is 35.6 Å². The standard InChI is InChI=1S/C17H23NO2S/c1-3-21(19,20)12-6-9-17(18-2)16-11-10-14-7-4-5-8-15(14)13-16/h4-5,7-8,10-11,13,17-18H,3,6,9,12H2,1-2H3. The van der Waals surface area contributed by atoms with Crippen molar-refractivity contribution < 1.29 is 8.42 Å². The van der Waals surface area contributed by atoms with Crippen LogP contribution in [0.25, 0.3) is 10.8 Å². The van der Waals surface area contributed by atoms with Crippen LogP contribution in [0.1, 0.15) is 31.4 Å². The first-order valence-corrected chi connectivity index (χ1v) is 9.24. The smallest absolute Gasteiger partial charge is 0.150 e. The number of nitrogens with one attached hydrogen (secondary N) is 1. The van der Waals surface area contributed by atoms with E-state index >= 15 is 0 Å². The van der Waals surface area contributed by atoms with Crippen LogP contribution in [0.5, 0.6) is 0 Å². The molecule has 4 heteroatoms. The Hall–Kier alpha value is -1.39. The average Bonchev–Trinajstić information content (AvgIpc) is 2.51.